The fraction of sp³-hybridized carbons (Fsp3) is 0.647. The third-order valence-electron chi connectivity index (χ3n) is 4.78. The summed E-state index contributed by atoms with van der Waals surface area (Å²) in [6.07, 6.45) is 3.87. The fourth-order valence-electron chi connectivity index (χ4n) is 3.07. The second-order valence-electron chi connectivity index (χ2n) is 6.48. The van der Waals surface area contributed by atoms with Crippen molar-refractivity contribution in [3.05, 3.63) is 30.1 Å². The van der Waals surface area contributed by atoms with Crippen molar-refractivity contribution >= 4 is 0 Å². The van der Waals surface area contributed by atoms with Crippen LogP contribution in [-0.2, 0) is 0 Å². The molecule has 0 spiro atoms. The monoisotopic (exact) mass is 277 g/mol. The van der Waals surface area contributed by atoms with Crippen LogP contribution in [0.3, 0.4) is 0 Å². The molecule has 20 heavy (non-hydrogen) atoms. The van der Waals surface area contributed by atoms with Crippen molar-refractivity contribution < 1.29 is 9.13 Å². The van der Waals surface area contributed by atoms with Crippen LogP contribution in [0.2, 0.25) is 0 Å². The van der Waals surface area contributed by atoms with Crippen molar-refractivity contribution in [2.75, 3.05) is 26.2 Å². The number of ether oxygens (including phenoxy) is 1. The summed E-state index contributed by atoms with van der Waals surface area (Å²) in [5.41, 5.74) is 0. The van der Waals surface area contributed by atoms with Crippen LogP contribution >= 0.6 is 0 Å². The topological polar surface area (TPSA) is 12.5 Å². The second kappa shape index (κ2) is 6.13. The largest absolute Gasteiger partial charge is 0.493 e. The summed E-state index contributed by atoms with van der Waals surface area (Å²) in [5, 5.41) is 0. The molecule has 2 atom stereocenters. The Morgan fingerprint density at radius 3 is 2.45 bits per heavy atom. The highest BCUT2D eigenvalue weighted by Crippen LogP contribution is 2.38. The van der Waals surface area contributed by atoms with Crippen LogP contribution in [0.5, 0.6) is 5.75 Å². The van der Waals surface area contributed by atoms with Gasteiger partial charge in [-0.05, 0) is 74.4 Å². The van der Waals surface area contributed by atoms with Gasteiger partial charge in [0.15, 0.2) is 0 Å². The zero-order chi connectivity index (χ0) is 13.9. The number of piperidine rings is 1. The van der Waals surface area contributed by atoms with Crippen molar-refractivity contribution in [1.29, 1.82) is 0 Å². The molecule has 1 aliphatic carbocycles. The summed E-state index contributed by atoms with van der Waals surface area (Å²) < 4.78 is 18.6. The fourth-order valence-corrected chi connectivity index (χ4v) is 3.07. The van der Waals surface area contributed by atoms with Crippen molar-refractivity contribution in [3.63, 3.8) is 0 Å². The maximum atomic E-state index is 12.8. The summed E-state index contributed by atoms with van der Waals surface area (Å²) in [6, 6.07) is 6.32. The SMILES string of the molecule is C[C@@H]1C[C@@H]1CN1CCC(COc2ccc(F)cc2)CC1. The van der Waals surface area contributed by atoms with Gasteiger partial charge in [0.1, 0.15) is 11.6 Å². The average Bonchev–Trinajstić information content (AvgIpc) is 3.15. The van der Waals surface area contributed by atoms with E-state index >= 15 is 0 Å². The third-order valence-corrected chi connectivity index (χ3v) is 4.78. The molecule has 1 saturated heterocycles. The van der Waals surface area contributed by atoms with E-state index in [1.54, 1.807) is 12.1 Å². The van der Waals surface area contributed by atoms with E-state index in [0.717, 1.165) is 24.2 Å². The van der Waals surface area contributed by atoms with E-state index in [1.807, 2.05) is 0 Å². The van der Waals surface area contributed by atoms with E-state index in [-0.39, 0.29) is 5.82 Å². The van der Waals surface area contributed by atoms with Crippen LogP contribution in [0.4, 0.5) is 4.39 Å². The second-order valence-corrected chi connectivity index (χ2v) is 6.48. The number of halogens is 1. The smallest absolute Gasteiger partial charge is 0.123 e. The summed E-state index contributed by atoms with van der Waals surface area (Å²) in [7, 11) is 0. The number of nitrogens with zero attached hydrogens (tertiary/aromatic N) is 1. The van der Waals surface area contributed by atoms with Crippen LogP contribution in [-0.4, -0.2) is 31.1 Å². The van der Waals surface area contributed by atoms with E-state index in [0.29, 0.717) is 5.92 Å². The minimum Gasteiger partial charge on any atom is -0.493 e. The van der Waals surface area contributed by atoms with Crippen molar-refractivity contribution in [3.8, 4) is 5.75 Å². The molecule has 2 fully saturated rings. The molecule has 0 unspecified atom stereocenters. The van der Waals surface area contributed by atoms with Crippen LogP contribution < -0.4 is 4.74 Å². The quantitative estimate of drug-likeness (QED) is 0.816. The molecule has 1 aliphatic heterocycles. The molecule has 0 bridgehead atoms. The Morgan fingerprint density at radius 2 is 1.85 bits per heavy atom. The van der Waals surface area contributed by atoms with Gasteiger partial charge in [-0.3, -0.25) is 0 Å². The van der Waals surface area contributed by atoms with Gasteiger partial charge in [0.25, 0.3) is 0 Å². The van der Waals surface area contributed by atoms with E-state index in [9.17, 15) is 4.39 Å². The predicted octanol–water partition coefficient (Wildman–Crippen LogP) is 3.57. The molecule has 1 aromatic carbocycles. The van der Waals surface area contributed by atoms with Gasteiger partial charge in [-0.25, -0.2) is 4.39 Å². The lowest BCUT2D eigenvalue weighted by Crippen LogP contribution is -2.36. The van der Waals surface area contributed by atoms with Gasteiger partial charge in [0, 0.05) is 6.54 Å². The van der Waals surface area contributed by atoms with Gasteiger partial charge in [-0.2, -0.15) is 0 Å². The minimum absolute atomic E-state index is 0.208. The maximum Gasteiger partial charge on any atom is 0.123 e. The summed E-state index contributed by atoms with van der Waals surface area (Å²) in [5.74, 6) is 3.13. The molecule has 1 aromatic rings. The molecule has 3 rings (SSSR count). The third kappa shape index (κ3) is 3.72. The van der Waals surface area contributed by atoms with Gasteiger partial charge in [-0.15, -0.1) is 0 Å². The molecule has 1 saturated carbocycles. The molecule has 2 nitrogen and oxygen atoms in total. The molecule has 110 valence electrons. The Labute approximate surface area is 120 Å². The first-order valence-electron chi connectivity index (χ1n) is 7.81. The molecule has 0 N–H and O–H groups in total. The molecule has 0 amide bonds. The first kappa shape index (κ1) is 13.9. The van der Waals surface area contributed by atoms with Gasteiger partial charge >= 0.3 is 0 Å². The number of hydrogen-bond donors (Lipinski definition) is 0. The summed E-state index contributed by atoms with van der Waals surface area (Å²) in [6.45, 7) is 6.83. The average molecular weight is 277 g/mol. The molecule has 0 radical (unpaired) electrons. The molecule has 2 aliphatic rings. The Morgan fingerprint density at radius 1 is 1.20 bits per heavy atom. The Balaban J connectivity index is 1.37. The van der Waals surface area contributed by atoms with Crippen molar-refractivity contribution in [1.82, 2.24) is 4.90 Å². The van der Waals surface area contributed by atoms with E-state index < -0.39 is 0 Å². The molecule has 3 heteroatoms. The van der Waals surface area contributed by atoms with Crippen LogP contribution in [0.25, 0.3) is 0 Å². The molecular formula is C17H24FNO. The van der Waals surface area contributed by atoms with Crippen LogP contribution in [0.1, 0.15) is 26.2 Å². The van der Waals surface area contributed by atoms with Crippen molar-refractivity contribution in [2.45, 2.75) is 26.2 Å². The standard InChI is InChI=1S/C17H24FNO/c1-13-10-15(13)11-19-8-6-14(7-9-19)12-20-17-4-2-16(18)3-5-17/h2-5,13-15H,6-12H2,1H3/t13-,15-/m1/s1. The highest BCUT2D eigenvalue weighted by atomic mass is 19.1. The summed E-state index contributed by atoms with van der Waals surface area (Å²) >= 11 is 0. The Bertz CT molecular complexity index is 425. The lowest BCUT2D eigenvalue weighted by atomic mass is 9.97. The lowest BCUT2D eigenvalue weighted by Gasteiger charge is -2.31. The molecular weight excluding hydrogens is 253 g/mol. The van der Waals surface area contributed by atoms with Crippen LogP contribution in [0.15, 0.2) is 24.3 Å². The number of benzene rings is 1. The van der Waals surface area contributed by atoms with E-state index in [2.05, 4.69) is 11.8 Å². The van der Waals surface area contributed by atoms with Gasteiger partial charge in [0.2, 0.25) is 0 Å². The van der Waals surface area contributed by atoms with Gasteiger partial charge in [0.05, 0.1) is 6.61 Å². The highest BCUT2D eigenvalue weighted by Gasteiger charge is 2.34. The zero-order valence-corrected chi connectivity index (χ0v) is 12.2. The Kier molecular flexibility index (Phi) is 4.25. The zero-order valence-electron chi connectivity index (χ0n) is 12.2. The number of hydrogen-bond acceptors (Lipinski definition) is 2. The minimum atomic E-state index is -0.208. The summed E-state index contributed by atoms with van der Waals surface area (Å²) in [4.78, 5) is 2.61. The normalized spacial score (nSPS) is 27.5. The van der Waals surface area contributed by atoms with Crippen LogP contribution in [0, 0.1) is 23.6 Å². The first-order valence-corrected chi connectivity index (χ1v) is 7.81. The van der Waals surface area contributed by atoms with E-state index in [4.69, 9.17) is 4.74 Å². The van der Waals surface area contributed by atoms with Crippen molar-refractivity contribution in [2.24, 2.45) is 17.8 Å². The number of likely N-dealkylation sites (tertiary alicyclic amines) is 1. The lowest BCUT2D eigenvalue weighted by molar-refractivity contribution is 0.136. The molecule has 1 heterocycles. The Hall–Kier alpha value is -1.09. The predicted molar refractivity (Wildman–Crippen MR) is 78.3 cm³/mol. The molecule has 0 aromatic heterocycles. The van der Waals surface area contributed by atoms with Gasteiger partial charge < -0.3 is 9.64 Å². The number of rotatable bonds is 5. The maximum absolute atomic E-state index is 12.8. The van der Waals surface area contributed by atoms with Gasteiger partial charge in [-0.1, -0.05) is 6.92 Å². The van der Waals surface area contributed by atoms with E-state index in [1.165, 1.54) is 51.0 Å². The highest BCUT2D eigenvalue weighted by molar-refractivity contribution is 5.22. The first-order chi connectivity index (χ1) is 9.70.